The van der Waals surface area contributed by atoms with Crippen LogP contribution in [0.5, 0.6) is 5.75 Å². The van der Waals surface area contributed by atoms with Crippen molar-refractivity contribution in [2.75, 3.05) is 25.1 Å². The van der Waals surface area contributed by atoms with E-state index < -0.39 is 5.72 Å². The summed E-state index contributed by atoms with van der Waals surface area (Å²) < 4.78 is 7.47. The van der Waals surface area contributed by atoms with E-state index in [1.54, 1.807) is 7.11 Å². The summed E-state index contributed by atoms with van der Waals surface area (Å²) in [6, 6.07) is 16.4. The van der Waals surface area contributed by atoms with E-state index in [2.05, 4.69) is 52.8 Å². The molecule has 2 aromatic rings. The van der Waals surface area contributed by atoms with Crippen LogP contribution < -0.4 is 9.64 Å². The Hall–Kier alpha value is -2.33. The van der Waals surface area contributed by atoms with Crippen molar-refractivity contribution < 1.29 is 14.4 Å². The second-order valence-corrected chi connectivity index (χ2v) is 6.99. The van der Waals surface area contributed by atoms with Crippen LogP contribution in [0.4, 0.5) is 5.69 Å². The highest BCUT2D eigenvalue weighted by Gasteiger charge is 2.52. The number of amidine groups is 1. The van der Waals surface area contributed by atoms with E-state index in [1.807, 2.05) is 12.1 Å². The number of β-amino-alcohol motifs (C(OH)–C–C–N with tert-alkyl or cyclic N) is 1. The second kappa shape index (κ2) is 6.19. The average Bonchev–Trinajstić information content (AvgIpc) is 2.97. The standard InChI is InChI=1S/C21H25N2O2/c1-16-6-8-17(9-7-16)21(24)15-22(20-5-3-4-14-23(20)21)18-10-12-19(25-2)13-11-18/h6-13,24H,3-5,14-15H2,1-2H3/q+1/t21-/m1/s1. The smallest absolute Gasteiger partial charge is 0.271 e. The number of hydrogen-bond donors (Lipinski definition) is 1. The van der Waals surface area contributed by atoms with Crippen molar-refractivity contribution in [1.82, 2.24) is 0 Å². The molecule has 4 rings (SSSR count). The third-order valence-electron chi connectivity index (χ3n) is 5.38. The highest BCUT2D eigenvalue weighted by atomic mass is 16.5. The SMILES string of the molecule is COc1ccc(N2C[C@@](O)(c3ccc(C)cc3)[N+]3=C2CCCC3)cc1. The second-order valence-electron chi connectivity index (χ2n) is 6.99. The molecule has 0 amide bonds. The van der Waals surface area contributed by atoms with Crippen LogP contribution in [0, 0.1) is 6.92 Å². The molecule has 0 aromatic heterocycles. The fourth-order valence-corrected chi connectivity index (χ4v) is 3.96. The highest BCUT2D eigenvalue weighted by molar-refractivity contribution is 5.96. The first-order chi connectivity index (χ1) is 12.1. The van der Waals surface area contributed by atoms with Gasteiger partial charge in [-0.1, -0.05) is 29.8 Å². The zero-order valence-electron chi connectivity index (χ0n) is 14.9. The molecule has 4 nitrogen and oxygen atoms in total. The number of rotatable bonds is 3. The first-order valence-corrected chi connectivity index (χ1v) is 8.96. The number of ether oxygens (including phenoxy) is 1. The van der Waals surface area contributed by atoms with Gasteiger partial charge in [0.2, 0.25) is 0 Å². The summed E-state index contributed by atoms with van der Waals surface area (Å²) in [7, 11) is 1.68. The largest absolute Gasteiger partial charge is 0.497 e. The zero-order valence-corrected chi connectivity index (χ0v) is 14.9. The molecule has 1 atom stereocenters. The van der Waals surface area contributed by atoms with Crippen LogP contribution in [-0.4, -0.2) is 35.7 Å². The van der Waals surface area contributed by atoms with Crippen molar-refractivity contribution >= 4 is 11.5 Å². The van der Waals surface area contributed by atoms with E-state index >= 15 is 0 Å². The number of hydrogen-bond acceptors (Lipinski definition) is 3. The Labute approximate surface area is 149 Å². The maximum atomic E-state index is 11.6. The summed E-state index contributed by atoms with van der Waals surface area (Å²) in [5.74, 6) is 2.07. The number of nitrogens with zero attached hydrogens (tertiary/aromatic N) is 2. The molecule has 2 aliphatic heterocycles. The molecular weight excluding hydrogens is 312 g/mol. The number of aliphatic hydroxyl groups is 1. The Morgan fingerprint density at radius 1 is 1.04 bits per heavy atom. The van der Waals surface area contributed by atoms with Crippen LogP contribution in [0.15, 0.2) is 48.5 Å². The Morgan fingerprint density at radius 3 is 2.44 bits per heavy atom. The first-order valence-electron chi connectivity index (χ1n) is 8.96. The molecule has 0 saturated heterocycles. The predicted molar refractivity (Wildman–Crippen MR) is 99.4 cm³/mol. The van der Waals surface area contributed by atoms with Crippen LogP contribution in [-0.2, 0) is 5.72 Å². The summed E-state index contributed by atoms with van der Waals surface area (Å²) in [4.78, 5) is 2.26. The van der Waals surface area contributed by atoms with Gasteiger partial charge in [-0.25, -0.2) is 9.48 Å². The molecule has 1 N–H and O–H groups in total. The molecule has 25 heavy (non-hydrogen) atoms. The van der Waals surface area contributed by atoms with Crippen molar-refractivity contribution in [2.24, 2.45) is 0 Å². The molecule has 2 heterocycles. The molecule has 0 saturated carbocycles. The van der Waals surface area contributed by atoms with Crippen LogP contribution in [0.1, 0.15) is 30.4 Å². The highest BCUT2D eigenvalue weighted by Crippen LogP contribution is 2.36. The third kappa shape index (κ3) is 2.71. The Kier molecular flexibility index (Phi) is 4.00. The number of anilines is 1. The number of methoxy groups -OCH3 is 1. The van der Waals surface area contributed by atoms with E-state index in [9.17, 15) is 5.11 Å². The zero-order chi connectivity index (χ0) is 17.4. The van der Waals surface area contributed by atoms with Crippen molar-refractivity contribution in [3.05, 3.63) is 59.7 Å². The third-order valence-corrected chi connectivity index (χ3v) is 5.38. The van der Waals surface area contributed by atoms with Crippen molar-refractivity contribution in [1.29, 1.82) is 0 Å². The maximum absolute atomic E-state index is 11.6. The van der Waals surface area contributed by atoms with Gasteiger partial charge >= 0.3 is 0 Å². The first kappa shape index (κ1) is 16.2. The molecule has 0 bridgehead atoms. The Bertz CT molecular complexity index is 796. The van der Waals surface area contributed by atoms with Gasteiger partial charge in [0.15, 0.2) is 6.54 Å². The van der Waals surface area contributed by atoms with Gasteiger partial charge in [0.05, 0.1) is 13.7 Å². The van der Waals surface area contributed by atoms with Gasteiger partial charge in [-0.15, -0.1) is 0 Å². The fourth-order valence-electron chi connectivity index (χ4n) is 3.96. The predicted octanol–water partition coefficient (Wildman–Crippen LogP) is 3.26. The van der Waals surface area contributed by atoms with Gasteiger partial charge < -0.3 is 9.84 Å². The molecule has 0 unspecified atom stereocenters. The summed E-state index contributed by atoms with van der Waals surface area (Å²) >= 11 is 0. The molecule has 0 radical (unpaired) electrons. The molecule has 4 heteroatoms. The average molecular weight is 337 g/mol. The summed E-state index contributed by atoms with van der Waals surface area (Å²) in [5, 5.41) is 11.6. The minimum Gasteiger partial charge on any atom is -0.497 e. The monoisotopic (exact) mass is 337 g/mol. The van der Waals surface area contributed by atoms with Crippen molar-refractivity contribution in [2.45, 2.75) is 31.9 Å². The van der Waals surface area contributed by atoms with Crippen molar-refractivity contribution in [3.63, 3.8) is 0 Å². The molecule has 0 fully saturated rings. The quantitative estimate of drug-likeness (QED) is 0.873. The molecule has 0 spiro atoms. The fraction of sp³-hybridized carbons (Fsp3) is 0.381. The minimum absolute atomic E-state index is 0.553. The molecule has 2 aliphatic rings. The molecular formula is C21H25N2O2+. The van der Waals surface area contributed by atoms with Gasteiger partial charge in [0.25, 0.3) is 11.6 Å². The van der Waals surface area contributed by atoms with E-state index in [1.165, 1.54) is 17.8 Å². The van der Waals surface area contributed by atoms with Gasteiger partial charge in [-0.2, -0.15) is 0 Å². The molecule has 130 valence electrons. The Balaban J connectivity index is 1.75. The molecule has 2 aromatic carbocycles. The summed E-state index contributed by atoms with van der Waals surface area (Å²) in [6.07, 6.45) is 3.29. The summed E-state index contributed by atoms with van der Waals surface area (Å²) in [6.45, 7) is 3.52. The minimum atomic E-state index is -0.969. The number of aryl methyl sites for hydroxylation is 1. The van der Waals surface area contributed by atoms with Crippen LogP contribution in [0.2, 0.25) is 0 Å². The van der Waals surface area contributed by atoms with Gasteiger partial charge in [-0.05, 0) is 44.0 Å². The maximum Gasteiger partial charge on any atom is 0.271 e. The summed E-state index contributed by atoms with van der Waals surface area (Å²) in [5.41, 5.74) is 2.31. The lowest BCUT2D eigenvalue weighted by Gasteiger charge is -2.24. The number of benzene rings is 2. The van der Waals surface area contributed by atoms with Crippen molar-refractivity contribution in [3.8, 4) is 5.75 Å². The lowest BCUT2D eigenvalue weighted by Crippen LogP contribution is -2.41. The van der Waals surface area contributed by atoms with E-state index in [0.29, 0.717) is 6.54 Å². The molecule has 0 aliphatic carbocycles. The van der Waals surface area contributed by atoms with Crippen LogP contribution in [0.3, 0.4) is 0 Å². The van der Waals surface area contributed by atoms with E-state index in [0.717, 1.165) is 36.4 Å². The Morgan fingerprint density at radius 2 is 1.76 bits per heavy atom. The topological polar surface area (TPSA) is 35.7 Å². The van der Waals surface area contributed by atoms with E-state index in [-0.39, 0.29) is 0 Å². The van der Waals surface area contributed by atoms with Gasteiger partial charge in [0, 0.05) is 12.0 Å². The van der Waals surface area contributed by atoms with Gasteiger partial charge in [-0.3, -0.25) is 0 Å². The normalized spacial score (nSPS) is 22.9. The van der Waals surface area contributed by atoms with Crippen LogP contribution >= 0.6 is 0 Å². The van der Waals surface area contributed by atoms with Crippen LogP contribution in [0.25, 0.3) is 0 Å². The van der Waals surface area contributed by atoms with Gasteiger partial charge in [0.1, 0.15) is 11.4 Å². The lowest BCUT2D eigenvalue weighted by molar-refractivity contribution is -0.661. The lowest BCUT2D eigenvalue weighted by atomic mass is 10.0. The van der Waals surface area contributed by atoms with E-state index in [4.69, 9.17) is 4.74 Å².